The van der Waals surface area contributed by atoms with Crippen LogP contribution in [0.4, 0.5) is 0 Å². The lowest BCUT2D eigenvalue weighted by Gasteiger charge is -2.04. The average Bonchev–Trinajstić information content (AvgIpc) is 2.83. The second-order valence-electron chi connectivity index (χ2n) is 3.55. The summed E-state index contributed by atoms with van der Waals surface area (Å²) in [6.07, 6.45) is 2.00. The molecule has 0 aliphatic carbocycles. The second-order valence-corrected chi connectivity index (χ2v) is 5.90. The standard InChI is InChI=1S/C12H13ClN2O2S2/c1-18-8-11-14-15-12(17-11)19-6-5-16-10-4-2-3-9(13)7-10/h2-4,7H,5-6,8H2,1H3. The van der Waals surface area contributed by atoms with Crippen LogP contribution in [0.3, 0.4) is 0 Å². The number of halogens is 1. The lowest BCUT2D eigenvalue weighted by atomic mass is 10.3. The van der Waals surface area contributed by atoms with E-state index in [0.29, 0.717) is 22.7 Å². The zero-order valence-electron chi connectivity index (χ0n) is 10.3. The molecule has 0 amide bonds. The third kappa shape index (κ3) is 4.97. The molecule has 7 heteroatoms. The first-order valence-electron chi connectivity index (χ1n) is 5.60. The zero-order chi connectivity index (χ0) is 13.5. The molecule has 0 saturated carbocycles. The Morgan fingerprint density at radius 2 is 2.26 bits per heavy atom. The van der Waals surface area contributed by atoms with Gasteiger partial charge in [-0.2, -0.15) is 11.8 Å². The summed E-state index contributed by atoms with van der Waals surface area (Å²) >= 11 is 9.00. The molecule has 1 aromatic carbocycles. The van der Waals surface area contributed by atoms with Crippen LogP contribution in [-0.2, 0) is 5.75 Å². The van der Waals surface area contributed by atoms with Crippen molar-refractivity contribution in [3.8, 4) is 5.75 Å². The molecule has 4 nitrogen and oxygen atoms in total. The Morgan fingerprint density at radius 1 is 1.37 bits per heavy atom. The van der Waals surface area contributed by atoms with Gasteiger partial charge >= 0.3 is 0 Å². The molecule has 0 aliphatic rings. The van der Waals surface area contributed by atoms with Gasteiger partial charge in [-0.15, -0.1) is 10.2 Å². The van der Waals surface area contributed by atoms with E-state index in [-0.39, 0.29) is 0 Å². The van der Waals surface area contributed by atoms with Crippen molar-refractivity contribution in [3.63, 3.8) is 0 Å². The Morgan fingerprint density at radius 3 is 3.05 bits per heavy atom. The van der Waals surface area contributed by atoms with Crippen molar-refractivity contribution in [3.05, 3.63) is 35.2 Å². The summed E-state index contributed by atoms with van der Waals surface area (Å²) < 4.78 is 11.0. The van der Waals surface area contributed by atoms with E-state index in [1.165, 1.54) is 11.8 Å². The number of hydrogen-bond donors (Lipinski definition) is 0. The van der Waals surface area contributed by atoms with Crippen LogP contribution in [0, 0.1) is 0 Å². The normalized spacial score (nSPS) is 10.6. The van der Waals surface area contributed by atoms with E-state index in [1.54, 1.807) is 17.8 Å². The SMILES string of the molecule is CSCc1nnc(SCCOc2cccc(Cl)c2)o1. The van der Waals surface area contributed by atoms with Crippen LogP contribution >= 0.6 is 35.1 Å². The Hall–Kier alpha value is -0.850. The fourth-order valence-corrected chi connectivity index (χ4v) is 2.46. The van der Waals surface area contributed by atoms with E-state index in [1.807, 2.05) is 24.5 Å². The topological polar surface area (TPSA) is 48.2 Å². The fraction of sp³-hybridized carbons (Fsp3) is 0.333. The summed E-state index contributed by atoms with van der Waals surface area (Å²) in [4.78, 5) is 0. The minimum absolute atomic E-state index is 0.561. The lowest BCUT2D eigenvalue weighted by Crippen LogP contribution is -1.99. The molecule has 102 valence electrons. The Balaban J connectivity index is 1.71. The third-order valence-corrected chi connectivity index (χ3v) is 3.64. The van der Waals surface area contributed by atoms with Gasteiger partial charge in [0.15, 0.2) is 0 Å². The zero-order valence-corrected chi connectivity index (χ0v) is 12.7. The highest BCUT2D eigenvalue weighted by molar-refractivity contribution is 7.99. The molecule has 0 fully saturated rings. The van der Waals surface area contributed by atoms with Gasteiger partial charge in [-0.1, -0.05) is 29.4 Å². The third-order valence-electron chi connectivity index (χ3n) is 2.09. The molecule has 1 heterocycles. The molecule has 0 bridgehead atoms. The fourth-order valence-electron chi connectivity index (χ4n) is 1.32. The number of hydrogen-bond acceptors (Lipinski definition) is 6. The minimum Gasteiger partial charge on any atom is -0.493 e. The van der Waals surface area contributed by atoms with E-state index < -0.39 is 0 Å². The smallest absolute Gasteiger partial charge is 0.276 e. The molecular formula is C12H13ClN2O2S2. The van der Waals surface area contributed by atoms with Crippen LogP contribution < -0.4 is 4.74 Å². The van der Waals surface area contributed by atoms with E-state index in [9.17, 15) is 0 Å². The molecule has 2 aromatic rings. The minimum atomic E-state index is 0.561. The van der Waals surface area contributed by atoms with Crippen molar-refractivity contribution in [1.82, 2.24) is 10.2 Å². The van der Waals surface area contributed by atoms with Gasteiger partial charge in [0.05, 0.1) is 12.4 Å². The molecule has 1 aromatic heterocycles. The largest absolute Gasteiger partial charge is 0.493 e. The van der Waals surface area contributed by atoms with E-state index in [4.69, 9.17) is 20.8 Å². The van der Waals surface area contributed by atoms with Gasteiger partial charge < -0.3 is 9.15 Å². The van der Waals surface area contributed by atoms with Crippen molar-refractivity contribution in [2.45, 2.75) is 11.0 Å². The molecule has 0 radical (unpaired) electrons. The second kappa shape index (κ2) is 7.67. The predicted molar refractivity (Wildman–Crippen MR) is 79.2 cm³/mol. The Labute approximate surface area is 125 Å². The monoisotopic (exact) mass is 316 g/mol. The molecular weight excluding hydrogens is 304 g/mol. The highest BCUT2D eigenvalue weighted by Crippen LogP contribution is 2.20. The Bertz CT molecular complexity index is 522. The van der Waals surface area contributed by atoms with E-state index in [2.05, 4.69) is 10.2 Å². The summed E-state index contributed by atoms with van der Waals surface area (Å²) in [7, 11) is 0. The van der Waals surface area contributed by atoms with Crippen molar-refractivity contribution < 1.29 is 9.15 Å². The first-order valence-corrected chi connectivity index (χ1v) is 8.36. The molecule has 0 saturated heterocycles. The molecule has 0 N–H and O–H groups in total. The highest BCUT2D eigenvalue weighted by atomic mass is 35.5. The first-order chi connectivity index (χ1) is 9.28. The van der Waals surface area contributed by atoms with Gasteiger partial charge in [-0.05, 0) is 24.5 Å². The number of benzene rings is 1. The van der Waals surface area contributed by atoms with Crippen molar-refractivity contribution in [1.29, 1.82) is 0 Å². The van der Waals surface area contributed by atoms with Crippen LogP contribution in [0.15, 0.2) is 33.9 Å². The molecule has 0 unspecified atom stereocenters. The number of ether oxygens (including phenoxy) is 1. The van der Waals surface area contributed by atoms with Crippen molar-refractivity contribution in [2.75, 3.05) is 18.6 Å². The maximum atomic E-state index is 5.87. The molecule has 2 rings (SSSR count). The molecule has 0 aliphatic heterocycles. The van der Waals surface area contributed by atoms with Crippen LogP contribution in [0.1, 0.15) is 5.89 Å². The van der Waals surface area contributed by atoms with Crippen LogP contribution in [0.25, 0.3) is 0 Å². The van der Waals surface area contributed by atoms with Gasteiger partial charge in [-0.3, -0.25) is 0 Å². The summed E-state index contributed by atoms with van der Waals surface area (Å²) in [5.74, 6) is 2.91. The first kappa shape index (κ1) is 14.6. The van der Waals surface area contributed by atoms with E-state index >= 15 is 0 Å². The number of aromatic nitrogens is 2. The van der Waals surface area contributed by atoms with Crippen molar-refractivity contribution >= 4 is 35.1 Å². The average molecular weight is 317 g/mol. The summed E-state index contributed by atoms with van der Waals surface area (Å²) in [5, 5.41) is 9.14. The van der Waals surface area contributed by atoms with Gasteiger partial charge in [0.25, 0.3) is 5.22 Å². The molecule has 0 atom stereocenters. The van der Waals surface area contributed by atoms with Gasteiger partial charge in [0.2, 0.25) is 5.89 Å². The summed E-state index contributed by atoms with van der Waals surface area (Å²) in [5.41, 5.74) is 0. The lowest BCUT2D eigenvalue weighted by molar-refractivity contribution is 0.343. The van der Waals surface area contributed by atoms with E-state index in [0.717, 1.165) is 17.3 Å². The maximum Gasteiger partial charge on any atom is 0.276 e. The number of nitrogens with zero attached hydrogens (tertiary/aromatic N) is 2. The maximum absolute atomic E-state index is 5.87. The van der Waals surface area contributed by atoms with Gasteiger partial charge in [0, 0.05) is 10.8 Å². The quantitative estimate of drug-likeness (QED) is 0.572. The molecule has 19 heavy (non-hydrogen) atoms. The summed E-state index contributed by atoms with van der Waals surface area (Å²) in [6.45, 7) is 0.561. The van der Waals surface area contributed by atoms with Gasteiger partial charge in [0.1, 0.15) is 5.75 Å². The van der Waals surface area contributed by atoms with Crippen LogP contribution in [0.5, 0.6) is 5.75 Å². The number of thioether (sulfide) groups is 2. The van der Waals surface area contributed by atoms with Crippen LogP contribution in [-0.4, -0.2) is 28.8 Å². The molecule has 0 spiro atoms. The van der Waals surface area contributed by atoms with Gasteiger partial charge in [-0.25, -0.2) is 0 Å². The number of rotatable bonds is 7. The van der Waals surface area contributed by atoms with Crippen LogP contribution in [0.2, 0.25) is 5.02 Å². The van der Waals surface area contributed by atoms with Crippen molar-refractivity contribution in [2.24, 2.45) is 0 Å². The highest BCUT2D eigenvalue weighted by Gasteiger charge is 2.05. The summed E-state index contributed by atoms with van der Waals surface area (Å²) in [6, 6.07) is 7.34. The Kier molecular flexibility index (Phi) is 5.88. The predicted octanol–water partition coefficient (Wildman–Crippen LogP) is 3.76.